The van der Waals surface area contributed by atoms with Crippen LogP contribution in [-0.2, 0) is 4.74 Å². The molecule has 3 unspecified atom stereocenters. The summed E-state index contributed by atoms with van der Waals surface area (Å²) in [6, 6.07) is 1.44. The van der Waals surface area contributed by atoms with Crippen LogP contribution in [-0.4, -0.2) is 49.3 Å². The molecular formula is C14H28N2O. The van der Waals surface area contributed by atoms with E-state index in [9.17, 15) is 0 Å². The first-order valence-electron chi connectivity index (χ1n) is 7.34. The number of hydrogen-bond donors (Lipinski definition) is 1. The van der Waals surface area contributed by atoms with Gasteiger partial charge in [-0.3, -0.25) is 4.90 Å². The third-order valence-electron chi connectivity index (χ3n) is 4.15. The van der Waals surface area contributed by atoms with Crippen LogP contribution in [0.4, 0.5) is 0 Å². The number of hydrogen-bond acceptors (Lipinski definition) is 3. The van der Waals surface area contributed by atoms with Gasteiger partial charge in [-0.15, -0.1) is 0 Å². The molecule has 0 aromatic heterocycles. The van der Waals surface area contributed by atoms with Gasteiger partial charge in [0.25, 0.3) is 0 Å². The lowest BCUT2D eigenvalue weighted by atomic mass is 9.98. The molecule has 2 saturated heterocycles. The lowest BCUT2D eigenvalue weighted by Crippen LogP contribution is -2.43. The molecule has 3 heteroatoms. The fraction of sp³-hybridized carbons (Fsp3) is 1.00. The largest absolute Gasteiger partial charge is 0.377 e. The lowest BCUT2D eigenvalue weighted by Gasteiger charge is -2.33. The summed E-state index contributed by atoms with van der Waals surface area (Å²) in [5, 5.41) is 3.66. The summed E-state index contributed by atoms with van der Waals surface area (Å²) in [7, 11) is 0. The molecular weight excluding hydrogens is 212 g/mol. The van der Waals surface area contributed by atoms with Crippen molar-refractivity contribution in [2.24, 2.45) is 0 Å². The van der Waals surface area contributed by atoms with Gasteiger partial charge >= 0.3 is 0 Å². The molecule has 100 valence electrons. The van der Waals surface area contributed by atoms with Crippen LogP contribution < -0.4 is 5.32 Å². The average Bonchev–Trinajstić information content (AvgIpc) is 2.55. The standard InChI is InChI=1S/C14H28N2O/c1-12(10-14-6-3-4-7-15-14)16-8-5-9-17-13(2)11-16/h12-15H,3-11H2,1-2H3. The Bertz CT molecular complexity index is 216. The van der Waals surface area contributed by atoms with Crippen LogP contribution in [0, 0.1) is 0 Å². The first kappa shape index (κ1) is 13.3. The molecule has 0 aromatic rings. The fourth-order valence-corrected chi connectivity index (χ4v) is 3.11. The van der Waals surface area contributed by atoms with Crippen LogP contribution in [0.5, 0.6) is 0 Å². The molecule has 2 aliphatic rings. The molecule has 0 aliphatic carbocycles. The molecule has 0 saturated carbocycles. The van der Waals surface area contributed by atoms with E-state index < -0.39 is 0 Å². The van der Waals surface area contributed by atoms with Crippen molar-refractivity contribution in [3.63, 3.8) is 0 Å². The van der Waals surface area contributed by atoms with E-state index in [-0.39, 0.29) is 0 Å². The van der Waals surface area contributed by atoms with Crippen molar-refractivity contribution >= 4 is 0 Å². The minimum absolute atomic E-state index is 0.402. The molecule has 2 heterocycles. The molecule has 2 aliphatic heterocycles. The van der Waals surface area contributed by atoms with E-state index in [2.05, 4.69) is 24.1 Å². The zero-order valence-corrected chi connectivity index (χ0v) is 11.5. The summed E-state index contributed by atoms with van der Waals surface area (Å²) in [4.78, 5) is 2.62. The van der Waals surface area contributed by atoms with Crippen molar-refractivity contribution in [1.82, 2.24) is 10.2 Å². The van der Waals surface area contributed by atoms with Crippen molar-refractivity contribution in [3.8, 4) is 0 Å². The van der Waals surface area contributed by atoms with Crippen molar-refractivity contribution in [3.05, 3.63) is 0 Å². The molecule has 2 fully saturated rings. The fourth-order valence-electron chi connectivity index (χ4n) is 3.11. The van der Waals surface area contributed by atoms with E-state index >= 15 is 0 Å². The number of nitrogens with zero attached hydrogens (tertiary/aromatic N) is 1. The van der Waals surface area contributed by atoms with Crippen LogP contribution in [0.15, 0.2) is 0 Å². The van der Waals surface area contributed by atoms with Gasteiger partial charge in [-0.05, 0) is 46.1 Å². The number of rotatable bonds is 3. The van der Waals surface area contributed by atoms with Gasteiger partial charge in [0.15, 0.2) is 0 Å². The Morgan fingerprint density at radius 1 is 1.35 bits per heavy atom. The third kappa shape index (κ3) is 4.23. The zero-order valence-electron chi connectivity index (χ0n) is 11.5. The second-order valence-corrected chi connectivity index (χ2v) is 5.76. The number of ether oxygens (including phenoxy) is 1. The molecule has 0 spiro atoms. The summed E-state index contributed by atoms with van der Waals surface area (Å²) in [6.45, 7) is 9.05. The monoisotopic (exact) mass is 240 g/mol. The molecule has 17 heavy (non-hydrogen) atoms. The minimum atomic E-state index is 0.402. The van der Waals surface area contributed by atoms with E-state index in [1.54, 1.807) is 0 Å². The Balaban J connectivity index is 1.78. The molecule has 0 radical (unpaired) electrons. The Morgan fingerprint density at radius 3 is 3.00 bits per heavy atom. The summed E-state index contributed by atoms with van der Waals surface area (Å²) < 4.78 is 5.72. The topological polar surface area (TPSA) is 24.5 Å². The minimum Gasteiger partial charge on any atom is -0.377 e. The predicted molar refractivity (Wildman–Crippen MR) is 71.3 cm³/mol. The van der Waals surface area contributed by atoms with E-state index in [1.165, 1.54) is 45.2 Å². The van der Waals surface area contributed by atoms with Gasteiger partial charge in [0.2, 0.25) is 0 Å². The van der Waals surface area contributed by atoms with Crippen LogP contribution in [0.1, 0.15) is 46.0 Å². The molecule has 1 N–H and O–H groups in total. The maximum Gasteiger partial charge on any atom is 0.0673 e. The summed E-state index contributed by atoms with van der Waals surface area (Å²) in [5.41, 5.74) is 0. The Labute approximate surface area is 106 Å². The summed E-state index contributed by atoms with van der Waals surface area (Å²) in [5.74, 6) is 0. The zero-order chi connectivity index (χ0) is 12.1. The Morgan fingerprint density at radius 2 is 2.24 bits per heavy atom. The van der Waals surface area contributed by atoms with Crippen molar-refractivity contribution in [1.29, 1.82) is 0 Å². The van der Waals surface area contributed by atoms with Gasteiger partial charge in [-0.2, -0.15) is 0 Å². The summed E-state index contributed by atoms with van der Waals surface area (Å²) >= 11 is 0. The van der Waals surface area contributed by atoms with E-state index in [4.69, 9.17) is 4.74 Å². The molecule has 0 bridgehead atoms. The van der Waals surface area contributed by atoms with Gasteiger partial charge in [-0.25, -0.2) is 0 Å². The smallest absolute Gasteiger partial charge is 0.0673 e. The highest BCUT2D eigenvalue weighted by Gasteiger charge is 2.23. The first-order chi connectivity index (χ1) is 8.25. The van der Waals surface area contributed by atoms with E-state index in [0.717, 1.165) is 19.2 Å². The molecule has 3 nitrogen and oxygen atoms in total. The van der Waals surface area contributed by atoms with Crippen LogP contribution >= 0.6 is 0 Å². The molecule has 0 amide bonds. The first-order valence-corrected chi connectivity index (χ1v) is 7.34. The van der Waals surface area contributed by atoms with Gasteiger partial charge in [0, 0.05) is 31.8 Å². The van der Waals surface area contributed by atoms with Crippen LogP contribution in [0.3, 0.4) is 0 Å². The highest BCUT2D eigenvalue weighted by atomic mass is 16.5. The number of nitrogens with one attached hydrogen (secondary N) is 1. The number of piperidine rings is 1. The maximum absolute atomic E-state index is 5.72. The summed E-state index contributed by atoms with van der Waals surface area (Å²) in [6.07, 6.45) is 7.02. The average molecular weight is 240 g/mol. The predicted octanol–water partition coefficient (Wildman–Crippen LogP) is 2.02. The van der Waals surface area contributed by atoms with Crippen molar-refractivity contribution in [2.75, 3.05) is 26.2 Å². The molecule has 3 atom stereocenters. The highest BCUT2D eigenvalue weighted by molar-refractivity contribution is 4.80. The van der Waals surface area contributed by atoms with Gasteiger partial charge in [0.1, 0.15) is 0 Å². The molecule has 0 aromatic carbocycles. The quantitative estimate of drug-likeness (QED) is 0.817. The second-order valence-electron chi connectivity index (χ2n) is 5.76. The van der Waals surface area contributed by atoms with Crippen molar-refractivity contribution < 1.29 is 4.74 Å². The van der Waals surface area contributed by atoms with Crippen molar-refractivity contribution in [2.45, 2.75) is 64.1 Å². The van der Waals surface area contributed by atoms with Crippen LogP contribution in [0.25, 0.3) is 0 Å². The SMILES string of the molecule is CC1CN(C(C)CC2CCCCN2)CCCO1. The Kier molecular flexibility index (Phi) is 5.26. The maximum atomic E-state index is 5.72. The van der Waals surface area contributed by atoms with Gasteiger partial charge in [0.05, 0.1) is 6.10 Å². The van der Waals surface area contributed by atoms with Crippen LogP contribution in [0.2, 0.25) is 0 Å². The van der Waals surface area contributed by atoms with Gasteiger partial charge in [-0.1, -0.05) is 6.42 Å². The Hall–Kier alpha value is -0.120. The third-order valence-corrected chi connectivity index (χ3v) is 4.15. The highest BCUT2D eigenvalue weighted by Crippen LogP contribution is 2.17. The van der Waals surface area contributed by atoms with E-state index in [1.807, 2.05) is 0 Å². The second kappa shape index (κ2) is 6.72. The van der Waals surface area contributed by atoms with Gasteiger partial charge < -0.3 is 10.1 Å². The molecule has 2 rings (SSSR count). The van der Waals surface area contributed by atoms with E-state index in [0.29, 0.717) is 12.1 Å². The lowest BCUT2D eigenvalue weighted by molar-refractivity contribution is 0.0600. The normalized spacial score (nSPS) is 34.2.